The fourth-order valence-electron chi connectivity index (χ4n) is 1.32. The molecule has 1 aromatic rings. The van der Waals surface area contributed by atoms with E-state index in [-0.39, 0.29) is 11.9 Å². The van der Waals surface area contributed by atoms with Crippen molar-refractivity contribution in [2.45, 2.75) is 26.3 Å². The van der Waals surface area contributed by atoms with E-state index in [4.69, 9.17) is 5.73 Å². The largest absolute Gasteiger partial charge is 0.324 e. The topological polar surface area (TPSA) is 26.0 Å². The molecule has 1 nitrogen and oxygen atoms in total. The lowest BCUT2D eigenvalue weighted by atomic mass is 10.00. The Morgan fingerprint density at radius 3 is 2.67 bits per heavy atom. The van der Waals surface area contributed by atoms with Gasteiger partial charge in [0.2, 0.25) is 0 Å². The van der Waals surface area contributed by atoms with Gasteiger partial charge >= 0.3 is 0 Å². The molecule has 0 aliphatic rings. The lowest BCUT2D eigenvalue weighted by Crippen LogP contribution is -2.12. The van der Waals surface area contributed by atoms with E-state index in [9.17, 15) is 4.39 Å². The fourth-order valence-corrected chi connectivity index (χ4v) is 1.32. The fraction of sp³-hybridized carbons (Fsp3) is 0.400. The summed E-state index contributed by atoms with van der Waals surface area (Å²) in [6.45, 7) is 3.84. The van der Waals surface area contributed by atoms with Crippen LogP contribution in [0.2, 0.25) is 0 Å². The minimum atomic E-state index is -0.190. The van der Waals surface area contributed by atoms with E-state index in [1.165, 1.54) is 6.07 Å². The normalized spacial score (nSPS) is 13.0. The predicted octanol–water partition coefficient (Wildman–Crippen LogP) is 2.54. The van der Waals surface area contributed by atoms with Crippen molar-refractivity contribution in [1.82, 2.24) is 0 Å². The summed E-state index contributed by atoms with van der Waals surface area (Å²) in [5, 5.41) is 0. The highest BCUT2D eigenvalue weighted by atomic mass is 19.1. The summed E-state index contributed by atoms with van der Waals surface area (Å²) in [5.41, 5.74) is 7.34. The monoisotopic (exact) mass is 167 g/mol. The van der Waals surface area contributed by atoms with E-state index in [1.807, 2.05) is 19.9 Å². The molecule has 1 aromatic carbocycles. The zero-order valence-corrected chi connectivity index (χ0v) is 7.47. The summed E-state index contributed by atoms with van der Waals surface area (Å²) in [6.07, 6.45) is 0.766. The van der Waals surface area contributed by atoms with Gasteiger partial charge in [-0.15, -0.1) is 0 Å². The molecule has 0 radical (unpaired) electrons. The Morgan fingerprint density at radius 2 is 2.17 bits per heavy atom. The predicted molar refractivity (Wildman–Crippen MR) is 48.4 cm³/mol. The van der Waals surface area contributed by atoms with Gasteiger partial charge in [-0.2, -0.15) is 0 Å². The highest BCUT2D eigenvalue weighted by Gasteiger charge is 2.11. The number of rotatable bonds is 2. The van der Waals surface area contributed by atoms with Crippen molar-refractivity contribution in [2.75, 3.05) is 0 Å². The number of aryl methyl sites for hydroxylation is 1. The minimum absolute atomic E-state index is 0.175. The standard InChI is InChI=1S/C10H14FN/c1-3-9(12)10-7(2)5-4-6-8(10)11/h4-6,9H,3,12H2,1-2H3. The Labute approximate surface area is 72.4 Å². The van der Waals surface area contributed by atoms with E-state index >= 15 is 0 Å². The van der Waals surface area contributed by atoms with Crippen LogP contribution in [0.1, 0.15) is 30.5 Å². The van der Waals surface area contributed by atoms with E-state index in [0.717, 1.165) is 12.0 Å². The maximum absolute atomic E-state index is 13.2. The van der Waals surface area contributed by atoms with Gasteiger partial charge in [-0.05, 0) is 25.0 Å². The first-order chi connectivity index (χ1) is 5.66. The molecule has 0 saturated carbocycles. The third kappa shape index (κ3) is 1.64. The summed E-state index contributed by atoms with van der Waals surface area (Å²) >= 11 is 0. The van der Waals surface area contributed by atoms with Gasteiger partial charge in [-0.1, -0.05) is 19.1 Å². The van der Waals surface area contributed by atoms with E-state index in [2.05, 4.69) is 0 Å². The lowest BCUT2D eigenvalue weighted by Gasteiger charge is -2.12. The Kier molecular flexibility index (Phi) is 2.82. The van der Waals surface area contributed by atoms with Gasteiger partial charge in [0.1, 0.15) is 5.82 Å². The number of halogens is 1. The maximum atomic E-state index is 13.2. The first-order valence-electron chi connectivity index (χ1n) is 4.17. The van der Waals surface area contributed by atoms with Crippen LogP contribution >= 0.6 is 0 Å². The van der Waals surface area contributed by atoms with Gasteiger partial charge in [-0.25, -0.2) is 4.39 Å². The molecule has 0 amide bonds. The van der Waals surface area contributed by atoms with Crippen LogP contribution < -0.4 is 5.73 Å². The molecule has 12 heavy (non-hydrogen) atoms. The van der Waals surface area contributed by atoms with Gasteiger partial charge in [0, 0.05) is 11.6 Å². The second-order valence-corrected chi connectivity index (χ2v) is 2.99. The molecule has 1 rings (SSSR count). The Hall–Kier alpha value is -0.890. The van der Waals surface area contributed by atoms with E-state index in [0.29, 0.717) is 5.56 Å². The summed E-state index contributed by atoms with van der Waals surface area (Å²) < 4.78 is 13.2. The van der Waals surface area contributed by atoms with Crippen molar-refractivity contribution < 1.29 is 4.39 Å². The molecular formula is C10H14FN. The Morgan fingerprint density at radius 1 is 1.50 bits per heavy atom. The highest BCUT2D eigenvalue weighted by Crippen LogP contribution is 2.21. The SMILES string of the molecule is CCC(N)c1c(C)cccc1F. The van der Waals surface area contributed by atoms with Crippen LogP contribution in [0.15, 0.2) is 18.2 Å². The molecule has 2 N–H and O–H groups in total. The molecule has 66 valence electrons. The van der Waals surface area contributed by atoms with Crippen molar-refractivity contribution in [3.63, 3.8) is 0 Å². The van der Waals surface area contributed by atoms with Gasteiger partial charge < -0.3 is 5.73 Å². The molecule has 0 aliphatic carbocycles. The van der Waals surface area contributed by atoms with E-state index in [1.54, 1.807) is 6.07 Å². The molecule has 0 aromatic heterocycles. The van der Waals surface area contributed by atoms with Crippen molar-refractivity contribution in [3.05, 3.63) is 35.1 Å². The number of hydrogen-bond acceptors (Lipinski definition) is 1. The summed E-state index contributed by atoms with van der Waals surface area (Å²) in [4.78, 5) is 0. The van der Waals surface area contributed by atoms with Crippen LogP contribution in [0, 0.1) is 12.7 Å². The van der Waals surface area contributed by atoms with Crippen molar-refractivity contribution in [3.8, 4) is 0 Å². The maximum Gasteiger partial charge on any atom is 0.128 e. The third-order valence-corrected chi connectivity index (χ3v) is 2.08. The zero-order valence-electron chi connectivity index (χ0n) is 7.47. The van der Waals surface area contributed by atoms with Crippen molar-refractivity contribution >= 4 is 0 Å². The van der Waals surface area contributed by atoms with Gasteiger partial charge in [0.25, 0.3) is 0 Å². The first-order valence-corrected chi connectivity index (χ1v) is 4.17. The molecule has 2 heteroatoms. The van der Waals surface area contributed by atoms with Crippen LogP contribution in [0.5, 0.6) is 0 Å². The summed E-state index contributed by atoms with van der Waals surface area (Å²) in [5.74, 6) is -0.190. The molecule has 0 saturated heterocycles. The smallest absolute Gasteiger partial charge is 0.128 e. The number of benzene rings is 1. The molecule has 0 bridgehead atoms. The quantitative estimate of drug-likeness (QED) is 0.719. The van der Waals surface area contributed by atoms with Crippen LogP contribution in [0.25, 0.3) is 0 Å². The molecule has 0 aliphatic heterocycles. The van der Waals surface area contributed by atoms with Crippen molar-refractivity contribution in [1.29, 1.82) is 0 Å². The average Bonchev–Trinajstić information content (AvgIpc) is 2.03. The number of nitrogens with two attached hydrogens (primary N) is 1. The van der Waals surface area contributed by atoms with Crippen LogP contribution in [-0.2, 0) is 0 Å². The Bertz CT molecular complexity index is 250. The molecular weight excluding hydrogens is 153 g/mol. The highest BCUT2D eigenvalue weighted by molar-refractivity contribution is 5.29. The summed E-state index contributed by atoms with van der Waals surface area (Å²) in [7, 11) is 0. The van der Waals surface area contributed by atoms with Gasteiger partial charge in [0.15, 0.2) is 0 Å². The zero-order chi connectivity index (χ0) is 9.14. The van der Waals surface area contributed by atoms with Crippen LogP contribution in [0.4, 0.5) is 4.39 Å². The molecule has 0 heterocycles. The van der Waals surface area contributed by atoms with Gasteiger partial charge in [-0.3, -0.25) is 0 Å². The first kappa shape index (κ1) is 9.20. The second-order valence-electron chi connectivity index (χ2n) is 2.99. The average molecular weight is 167 g/mol. The molecule has 1 unspecified atom stereocenters. The number of hydrogen-bond donors (Lipinski definition) is 1. The lowest BCUT2D eigenvalue weighted by molar-refractivity contribution is 0.572. The third-order valence-electron chi connectivity index (χ3n) is 2.08. The Balaban J connectivity index is 3.12. The molecule has 0 spiro atoms. The minimum Gasteiger partial charge on any atom is -0.324 e. The van der Waals surface area contributed by atoms with Crippen LogP contribution in [-0.4, -0.2) is 0 Å². The van der Waals surface area contributed by atoms with Crippen molar-refractivity contribution in [2.24, 2.45) is 5.73 Å². The molecule has 1 atom stereocenters. The van der Waals surface area contributed by atoms with Gasteiger partial charge in [0.05, 0.1) is 0 Å². The van der Waals surface area contributed by atoms with Crippen LogP contribution in [0.3, 0.4) is 0 Å². The second kappa shape index (κ2) is 3.68. The summed E-state index contributed by atoms with van der Waals surface area (Å²) in [6, 6.07) is 4.87. The molecule has 0 fully saturated rings. The van der Waals surface area contributed by atoms with E-state index < -0.39 is 0 Å².